The predicted octanol–water partition coefficient (Wildman–Crippen LogP) is 3.43. The van der Waals surface area contributed by atoms with Crippen LogP contribution in [0.15, 0.2) is 53.6 Å². The van der Waals surface area contributed by atoms with Crippen LogP contribution in [0.5, 0.6) is 11.5 Å². The van der Waals surface area contributed by atoms with Crippen molar-refractivity contribution in [2.24, 2.45) is 7.05 Å². The van der Waals surface area contributed by atoms with E-state index in [-0.39, 0.29) is 23.8 Å². The van der Waals surface area contributed by atoms with Gasteiger partial charge in [0.1, 0.15) is 22.8 Å². The fourth-order valence-corrected chi connectivity index (χ4v) is 4.75. The third-order valence-electron chi connectivity index (χ3n) is 6.74. The lowest BCUT2D eigenvalue weighted by atomic mass is 10.0. The lowest BCUT2D eigenvalue weighted by molar-refractivity contribution is 0.227. The Labute approximate surface area is 221 Å². The van der Waals surface area contributed by atoms with E-state index in [2.05, 4.69) is 15.3 Å². The highest BCUT2D eigenvalue weighted by Crippen LogP contribution is 2.34. The molecule has 2 aromatic carbocycles. The lowest BCUT2D eigenvalue weighted by Gasteiger charge is -2.28. The molecule has 0 atom stereocenters. The van der Waals surface area contributed by atoms with Crippen LogP contribution in [0.4, 0.5) is 4.39 Å². The number of halogens is 2. The molecule has 1 N–H and O–H groups in total. The first-order chi connectivity index (χ1) is 17.5. The van der Waals surface area contributed by atoms with E-state index in [1.165, 1.54) is 10.6 Å². The standard InChI is InChI=1S/C27H30FN5O3.ClH/c1-31-16-22(19-12-24(28)23(25(13-19)36-3)17-32-10-8-29-9-11-32)21-14-30-33(26(21)27(31)34)15-18-4-6-20(35-2)7-5-18;/h4-7,12-14,16,29H,8-11,15,17H2,1-3H3;1H. The van der Waals surface area contributed by atoms with E-state index in [0.29, 0.717) is 40.9 Å². The van der Waals surface area contributed by atoms with E-state index in [1.54, 1.807) is 38.3 Å². The molecule has 0 radical (unpaired) electrons. The van der Waals surface area contributed by atoms with E-state index in [4.69, 9.17) is 9.47 Å². The summed E-state index contributed by atoms with van der Waals surface area (Å²) in [7, 11) is 4.88. The van der Waals surface area contributed by atoms with E-state index >= 15 is 4.39 Å². The quantitative estimate of drug-likeness (QED) is 0.397. The van der Waals surface area contributed by atoms with Crippen LogP contribution < -0.4 is 20.3 Å². The molecule has 3 heterocycles. The van der Waals surface area contributed by atoms with Crippen molar-refractivity contribution in [3.8, 4) is 22.6 Å². The summed E-state index contributed by atoms with van der Waals surface area (Å²) in [6.07, 6.45) is 3.41. The highest BCUT2D eigenvalue weighted by Gasteiger charge is 2.20. The maximum atomic E-state index is 15.5. The van der Waals surface area contributed by atoms with Gasteiger partial charge in [-0.25, -0.2) is 4.39 Å². The molecule has 0 spiro atoms. The van der Waals surface area contributed by atoms with Gasteiger partial charge in [-0.15, -0.1) is 12.4 Å². The minimum atomic E-state index is -0.324. The second-order valence-electron chi connectivity index (χ2n) is 9.04. The normalized spacial score (nSPS) is 13.9. The lowest BCUT2D eigenvalue weighted by Crippen LogP contribution is -2.43. The summed E-state index contributed by atoms with van der Waals surface area (Å²) in [5.74, 6) is 0.935. The second kappa shape index (κ2) is 11.3. The summed E-state index contributed by atoms with van der Waals surface area (Å²) in [5, 5.41) is 8.50. The van der Waals surface area contributed by atoms with Crippen molar-refractivity contribution < 1.29 is 13.9 Å². The Kier molecular flexibility index (Phi) is 8.16. The first-order valence-electron chi connectivity index (χ1n) is 12.0. The number of fused-ring (bicyclic) bond motifs is 1. The Morgan fingerprint density at radius 1 is 1.05 bits per heavy atom. The third kappa shape index (κ3) is 5.34. The van der Waals surface area contributed by atoms with Crippen LogP contribution in [0.3, 0.4) is 0 Å². The average molecular weight is 528 g/mol. The number of benzene rings is 2. The van der Waals surface area contributed by atoms with Crippen LogP contribution in [-0.2, 0) is 20.1 Å². The van der Waals surface area contributed by atoms with Gasteiger partial charge in [-0.05, 0) is 35.4 Å². The summed E-state index contributed by atoms with van der Waals surface area (Å²) in [6.45, 7) is 4.41. The summed E-state index contributed by atoms with van der Waals surface area (Å²) >= 11 is 0. The Balaban J connectivity index is 0.00000320. The van der Waals surface area contributed by atoms with Crippen molar-refractivity contribution in [1.82, 2.24) is 24.6 Å². The molecule has 1 aliphatic rings. The second-order valence-corrected chi connectivity index (χ2v) is 9.04. The van der Waals surface area contributed by atoms with Crippen LogP contribution in [0.25, 0.3) is 22.0 Å². The van der Waals surface area contributed by atoms with Gasteiger partial charge in [-0.3, -0.25) is 14.4 Å². The van der Waals surface area contributed by atoms with E-state index in [0.717, 1.165) is 43.1 Å². The predicted molar refractivity (Wildman–Crippen MR) is 144 cm³/mol. The number of aromatic nitrogens is 3. The molecular weight excluding hydrogens is 497 g/mol. The number of pyridine rings is 1. The number of hydrogen-bond acceptors (Lipinski definition) is 6. The Morgan fingerprint density at radius 2 is 1.78 bits per heavy atom. The first-order valence-corrected chi connectivity index (χ1v) is 12.0. The molecule has 5 rings (SSSR count). The van der Waals surface area contributed by atoms with Crippen molar-refractivity contribution in [2.45, 2.75) is 13.1 Å². The van der Waals surface area contributed by atoms with Gasteiger partial charge >= 0.3 is 0 Å². The number of aryl methyl sites for hydroxylation is 1. The topological polar surface area (TPSA) is 73.5 Å². The number of rotatable bonds is 7. The molecule has 4 aromatic rings. The zero-order valence-corrected chi connectivity index (χ0v) is 22.0. The molecule has 0 amide bonds. The zero-order valence-electron chi connectivity index (χ0n) is 21.2. The molecule has 0 bridgehead atoms. The number of piperazine rings is 1. The highest BCUT2D eigenvalue weighted by atomic mass is 35.5. The van der Waals surface area contributed by atoms with Crippen LogP contribution in [0.2, 0.25) is 0 Å². The van der Waals surface area contributed by atoms with Gasteiger partial charge in [-0.2, -0.15) is 5.10 Å². The summed E-state index contributed by atoms with van der Waals surface area (Å²) in [5.41, 5.74) is 3.19. The Morgan fingerprint density at radius 3 is 2.46 bits per heavy atom. The molecule has 8 nitrogen and oxygen atoms in total. The molecule has 0 aliphatic carbocycles. The Hall–Kier alpha value is -3.40. The number of nitrogens with zero attached hydrogens (tertiary/aromatic N) is 4. The van der Waals surface area contributed by atoms with Crippen molar-refractivity contribution in [2.75, 3.05) is 40.4 Å². The molecule has 0 unspecified atom stereocenters. The fourth-order valence-electron chi connectivity index (χ4n) is 4.75. The number of ether oxygens (including phenoxy) is 2. The molecule has 2 aromatic heterocycles. The van der Waals surface area contributed by atoms with Crippen LogP contribution in [0, 0.1) is 5.82 Å². The molecule has 196 valence electrons. The van der Waals surface area contributed by atoms with Crippen molar-refractivity contribution in [3.63, 3.8) is 0 Å². The smallest absolute Gasteiger partial charge is 0.276 e. The van der Waals surface area contributed by atoms with Gasteiger partial charge in [0.2, 0.25) is 0 Å². The monoisotopic (exact) mass is 527 g/mol. The largest absolute Gasteiger partial charge is 0.497 e. The van der Waals surface area contributed by atoms with Crippen molar-refractivity contribution >= 4 is 23.3 Å². The van der Waals surface area contributed by atoms with Gasteiger partial charge in [0.15, 0.2) is 0 Å². The minimum absolute atomic E-state index is 0. The van der Waals surface area contributed by atoms with Crippen LogP contribution >= 0.6 is 12.4 Å². The molecule has 1 aliphatic heterocycles. The summed E-state index contributed by atoms with van der Waals surface area (Å²) in [4.78, 5) is 15.3. The maximum Gasteiger partial charge on any atom is 0.276 e. The molecule has 0 saturated carbocycles. The van der Waals surface area contributed by atoms with E-state index in [9.17, 15) is 4.79 Å². The minimum Gasteiger partial charge on any atom is -0.497 e. The van der Waals surface area contributed by atoms with Gasteiger partial charge in [0, 0.05) is 62.5 Å². The highest BCUT2D eigenvalue weighted by molar-refractivity contribution is 5.94. The molecule has 37 heavy (non-hydrogen) atoms. The van der Waals surface area contributed by atoms with Crippen molar-refractivity contribution in [1.29, 1.82) is 0 Å². The van der Waals surface area contributed by atoms with Crippen molar-refractivity contribution in [3.05, 3.63) is 76.1 Å². The number of methoxy groups -OCH3 is 2. The number of hydrogen-bond donors (Lipinski definition) is 1. The molecular formula is C27H31ClFN5O3. The third-order valence-corrected chi connectivity index (χ3v) is 6.74. The van der Waals surface area contributed by atoms with Crippen LogP contribution in [-0.4, -0.2) is 59.6 Å². The summed E-state index contributed by atoms with van der Waals surface area (Å²) in [6, 6.07) is 11.0. The fraction of sp³-hybridized carbons (Fsp3) is 0.333. The molecule has 10 heteroatoms. The summed E-state index contributed by atoms with van der Waals surface area (Å²) < 4.78 is 29.5. The van der Waals surface area contributed by atoms with E-state index < -0.39 is 0 Å². The number of nitrogens with one attached hydrogen (secondary N) is 1. The van der Waals surface area contributed by atoms with Gasteiger partial charge < -0.3 is 19.4 Å². The van der Waals surface area contributed by atoms with Gasteiger partial charge in [-0.1, -0.05) is 12.1 Å². The van der Waals surface area contributed by atoms with Gasteiger partial charge in [0.25, 0.3) is 5.56 Å². The van der Waals surface area contributed by atoms with E-state index in [1.807, 2.05) is 30.3 Å². The average Bonchev–Trinajstić information content (AvgIpc) is 3.32. The molecule has 1 fully saturated rings. The first kappa shape index (κ1) is 26.7. The zero-order chi connectivity index (χ0) is 25.2. The van der Waals surface area contributed by atoms with Gasteiger partial charge in [0.05, 0.1) is 27.0 Å². The van der Waals surface area contributed by atoms with Crippen LogP contribution in [0.1, 0.15) is 11.1 Å². The SMILES string of the molecule is COc1ccc(Cn2ncc3c(-c4cc(F)c(CN5CCNCC5)c(OC)c4)cn(C)c(=O)c32)cc1.Cl. The molecule has 1 saturated heterocycles. The maximum absolute atomic E-state index is 15.5. The Bertz CT molecular complexity index is 1450.